The van der Waals surface area contributed by atoms with Crippen molar-refractivity contribution in [1.29, 1.82) is 0 Å². The highest BCUT2D eigenvalue weighted by atomic mass is 32.2. The molecule has 1 atom stereocenters. The summed E-state index contributed by atoms with van der Waals surface area (Å²) in [7, 11) is -3.61. The molecule has 1 aliphatic rings. The molecule has 26 heavy (non-hydrogen) atoms. The molecule has 6 nitrogen and oxygen atoms in total. The minimum atomic E-state index is -3.61. The van der Waals surface area contributed by atoms with Gasteiger partial charge in [0.2, 0.25) is 15.9 Å². The Morgan fingerprint density at radius 1 is 1.27 bits per heavy atom. The Morgan fingerprint density at radius 3 is 2.50 bits per heavy atom. The Balaban J connectivity index is 2.06. The lowest BCUT2D eigenvalue weighted by Crippen LogP contribution is -2.46. The molecule has 146 valence electrons. The number of sulfonamides is 1. The zero-order valence-electron chi connectivity index (χ0n) is 16.1. The van der Waals surface area contributed by atoms with Crippen molar-refractivity contribution in [2.75, 3.05) is 26.2 Å². The van der Waals surface area contributed by atoms with Gasteiger partial charge in [-0.1, -0.05) is 20.8 Å². The van der Waals surface area contributed by atoms with Gasteiger partial charge in [0.25, 0.3) is 0 Å². The fraction of sp³-hybridized carbons (Fsp3) is 0.632. The highest BCUT2D eigenvalue weighted by Crippen LogP contribution is 2.25. The van der Waals surface area contributed by atoms with E-state index in [1.807, 2.05) is 6.92 Å². The van der Waals surface area contributed by atoms with E-state index in [0.29, 0.717) is 38.3 Å². The quantitative estimate of drug-likeness (QED) is 0.821. The van der Waals surface area contributed by atoms with Crippen LogP contribution in [0.3, 0.4) is 0 Å². The monoisotopic (exact) mass is 382 g/mol. The normalized spacial score (nSPS) is 19.2. The molecule has 1 heterocycles. The largest absolute Gasteiger partial charge is 0.494 e. The molecule has 0 radical (unpaired) electrons. The van der Waals surface area contributed by atoms with Gasteiger partial charge in [0.05, 0.1) is 17.4 Å². The van der Waals surface area contributed by atoms with Crippen molar-refractivity contribution in [3.8, 4) is 5.75 Å². The number of hydrogen-bond donors (Lipinski definition) is 1. The summed E-state index contributed by atoms with van der Waals surface area (Å²) in [5.41, 5.74) is -0.00159. The zero-order chi connectivity index (χ0) is 19.4. The summed E-state index contributed by atoms with van der Waals surface area (Å²) in [5.74, 6) is 0.277. The summed E-state index contributed by atoms with van der Waals surface area (Å²) in [6.45, 7) is 9.81. The molecule has 7 heteroatoms. The number of ether oxygens (including phenoxy) is 1. The Bertz CT molecular complexity index is 708. The fourth-order valence-electron chi connectivity index (χ4n) is 2.89. The van der Waals surface area contributed by atoms with E-state index in [4.69, 9.17) is 4.74 Å². The van der Waals surface area contributed by atoms with Gasteiger partial charge in [0, 0.05) is 19.6 Å². The van der Waals surface area contributed by atoms with Crippen LogP contribution >= 0.6 is 0 Å². The molecular formula is C19H30N2O4S. The van der Waals surface area contributed by atoms with Gasteiger partial charge in [0.15, 0.2) is 0 Å². The zero-order valence-corrected chi connectivity index (χ0v) is 16.9. The van der Waals surface area contributed by atoms with E-state index in [1.54, 1.807) is 24.3 Å². The smallest absolute Gasteiger partial charge is 0.243 e. The summed E-state index contributed by atoms with van der Waals surface area (Å²) in [4.78, 5) is 12.7. The van der Waals surface area contributed by atoms with E-state index in [9.17, 15) is 13.2 Å². The predicted octanol–water partition coefficient (Wildman–Crippen LogP) is 2.65. The third-order valence-corrected chi connectivity index (χ3v) is 6.20. The van der Waals surface area contributed by atoms with Gasteiger partial charge in [-0.25, -0.2) is 8.42 Å². The molecule has 0 saturated carbocycles. The maximum absolute atomic E-state index is 12.9. The van der Waals surface area contributed by atoms with Crippen LogP contribution < -0.4 is 10.1 Å². The van der Waals surface area contributed by atoms with Crippen molar-refractivity contribution < 1.29 is 17.9 Å². The van der Waals surface area contributed by atoms with E-state index in [0.717, 1.165) is 0 Å². The van der Waals surface area contributed by atoms with E-state index in [1.165, 1.54) is 4.31 Å². The lowest BCUT2D eigenvalue weighted by atomic mass is 9.95. The summed E-state index contributed by atoms with van der Waals surface area (Å²) in [5, 5.41) is 2.95. The Labute approximate surface area is 157 Å². The van der Waals surface area contributed by atoms with Crippen LogP contribution in [0.4, 0.5) is 0 Å². The van der Waals surface area contributed by atoms with Crippen LogP contribution in [-0.4, -0.2) is 44.9 Å². The first-order chi connectivity index (χ1) is 12.1. The maximum atomic E-state index is 12.9. The average Bonchev–Trinajstić information content (AvgIpc) is 2.60. The van der Waals surface area contributed by atoms with Crippen LogP contribution in [0.25, 0.3) is 0 Å². The maximum Gasteiger partial charge on any atom is 0.243 e. The number of carbonyl (C=O) groups excluding carboxylic acids is 1. The summed E-state index contributed by atoms with van der Waals surface area (Å²) in [6, 6.07) is 6.44. The summed E-state index contributed by atoms with van der Waals surface area (Å²) < 4.78 is 32.6. The molecule has 1 fully saturated rings. The lowest BCUT2D eigenvalue weighted by Gasteiger charge is -2.32. The number of benzene rings is 1. The third kappa shape index (κ3) is 5.45. The van der Waals surface area contributed by atoms with Crippen LogP contribution in [0.2, 0.25) is 0 Å². The van der Waals surface area contributed by atoms with Gasteiger partial charge in [-0.2, -0.15) is 4.31 Å². The number of amides is 1. The van der Waals surface area contributed by atoms with Gasteiger partial charge < -0.3 is 10.1 Å². The second kappa shape index (κ2) is 8.39. The molecule has 0 unspecified atom stereocenters. The molecule has 1 amide bonds. The van der Waals surface area contributed by atoms with Crippen molar-refractivity contribution in [2.24, 2.45) is 11.3 Å². The van der Waals surface area contributed by atoms with Crippen molar-refractivity contribution in [1.82, 2.24) is 9.62 Å². The molecule has 1 saturated heterocycles. The van der Waals surface area contributed by atoms with Crippen LogP contribution in [-0.2, 0) is 14.8 Å². The molecule has 1 N–H and O–H groups in total. The van der Waals surface area contributed by atoms with Crippen LogP contribution in [0.15, 0.2) is 29.2 Å². The minimum Gasteiger partial charge on any atom is -0.494 e. The summed E-state index contributed by atoms with van der Waals surface area (Å²) >= 11 is 0. The molecule has 2 rings (SSSR count). The van der Waals surface area contributed by atoms with E-state index in [-0.39, 0.29) is 28.7 Å². The fourth-order valence-corrected chi connectivity index (χ4v) is 4.42. The number of hydrogen-bond acceptors (Lipinski definition) is 4. The molecule has 1 aromatic rings. The third-order valence-electron chi connectivity index (χ3n) is 4.32. The van der Waals surface area contributed by atoms with E-state index < -0.39 is 10.0 Å². The van der Waals surface area contributed by atoms with Crippen LogP contribution in [0, 0.1) is 11.3 Å². The molecule has 1 aromatic carbocycles. The van der Waals surface area contributed by atoms with Gasteiger partial charge in [-0.05, 0) is 49.4 Å². The van der Waals surface area contributed by atoms with Crippen molar-refractivity contribution in [3.05, 3.63) is 24.3 Å². The minimum absolute atomic E-state index is 0.00159. The average molecular weight is 383 g/mol. The topological polar surface area (TPSA) is 75.7 Å². The molecule has 0 spiro atoms. The van der Waals surface area contributed by atoms with E-state index in [2.05, 4.69) is 26.1 Å². The molecular weight excluding hydrogens is 352 g/mol. The standard InChI is InChI=1S/C19H30N2O4S/c1-5-25-16-8-10-17(11-9-16)26(23,24)21-12-6-7-15(13-21)18(22)20-14-19(2,3)4/h8-11,15H,5-7,12-14H2,1-4H3,(H,20,22)/t15-/m1/s1. The lowest BCUT2D eigenvalue weighted by molar-refractivity contribution is -0.126. The predicted molar refractivity (Wildman–Crippen MR) is 102 cm³/mol. The van der Waals surface area contributed by atoms with Crippen molar-refractivity contribution >= 4 is 15.9 Å². The number of piperidine rings is 1. The summed E-state index contributed by atoms with van der Waals surface area (Å²) in [6.07, 6.45) is 1.40. The molecule has 0 aromatic heterocycles. The molecule has 0 aliphatic carbocycles. The van der Waals surface area contributed by atoms with E-state index >= 15 is 0 Å². The second-order valence-corrected chi connectivity index (χ2v) is 9.82. The van der Waals surface area contributed by atoms with Gasteiger partial charge >= 0.3 is 0 Å². The SMILES string of the molecule is CCOc1ccc(S(=O)(=O)N2CCC[C@@H](C(=O)NCC(C)(C)C)C2)cc1. The highest BCUT2D eigenvalue weighted by molar-refractivity contribution is 7.89. The van der Waals surface area contributed by atoms with Crippen molar-refractivity contribution in [3.63, 3.8) is 0 Å². The number of nitrogens with zero attached hydrogens (tertiary/aromatic N) is 1. The Morgan fingerprint density at radius 2 is 1.92 bits per heavy atom. The number of nitrogens with one attached hydrogen (secondary N) is 1. The second-order valence-electron chi connectivity index (χ2n) is 7.89. The van der Waals surface area contributed by atoms with Crippen LogP contribution in [0.1, 0.15) is 40.5 Å². The Kier molecular flexibility index (Phi) is 6.69. The molecule has 1 aliphatic heterocycles. The van der Waals surface area contributed by atoms with Crippen LogP contribution in [0.5, 0.6) is 5.75 Å². The first-order valence-corrected chi connectivity index (χ1v) is 10.6. The number of rotatable bonds is 6. The van der Waals surface area contributed by atoms with Crippen molar-refractivity contribution in [2.45, 2.75) is 45.4 Å². The van der Waals surface area contributed by atoms with Gasteiger partial charge in [-0.15, -0.1) is 0 Å². The highest BCUT2D eigenvalue weighted by Gasteiger charge is 2.33. The van der Waals surface area contributed by atoms with Gasteiger partial charge in [0.1, 0.15) is 5.75 Å². The first-order valence-electron chi connectivity index (χ1n) is 9.14. The first kappa shape index (κ1) is 20.7. The molecule has 0 bridgehead atoms. The van der Waals surface area contributed by atoms with Gasteiger partial charge in [-0.3, -0.25) is 4.79 Å². The number of carbonyl (C=O) groups is 1. The Hall–Kier alpha value is -1.60.